The predicted octanol–water partition coefficient (Wildman–Crippen LogP) is 1.43. The number of carboxylic acid groups (broad SMARTS) is 1. The highest BCUT2D eigenvalue weighted by Gasteiger charge is 2.29. The third-order valence-corrected chi connectivity index (χ3v) is 3.30. The average Bonchev–Trinajstić information content (AvgIpc) is 2.67. The van der Waals surface area contributed by atoms with E-state index in [0.717, 1.165) is 18.4 Å². The number of aromatic carboxylic acids is 1. The van der Waals surface area contributed by atoms with Gasteiger partial charge in [-0.3, -0.25) is 0 Å². The fourth-order valence-corrected chi connectivity index (χ4v) is 2.24. The minimum Gasteiger partial charge on any atom is -0.478 e. The lowest BCUT2D eigenvalue weighted by molar-refractivity contribution is 0.0501. The van der Waals surface area contributed by atoms with Crippen LogP contribution >= 0.6 is 0 Å². The zero-order valence-corrected chi connectivity index (χ0v) is 9.08. The van der Waals surface area contributed by atoms with Crippen LogP contribution in [0.15, 0.2) is 24.5 Å². The van der Waals surface area contributed by atoms with Crippen LogP contribution in [0.5, 0.6) is 0 Å². The van der Waals surface area contributed by atoms with Crippen molar-refractivity contribution in [1.29, 1.82) is 0 Å². The van der Waals surface area contributed by atoms with Crippen molar-refractivity contribution in [2.45, 2.75) is 25.0 Å². The summed E-state index contributed by atoms with van der Waals surface area (Å²) in [5, 5.41) is 18.2. The number of imidazole rings is 1. The van der Waals surface area contributed by atoms with Crippen molar-refractivity contribution in [2.24, 2.45) is 0 Å². The smallest absolute Gasteiger partial charge is 0.335 e. The largest absolute Gasteiger partial charge is 0.478 e. The number of carboxylic acids is 1. The Bertz CT molecular complexity index is 584. The average molecular weight is 232 g/mol. The van der Waals surface area contributed by atoms with Crippen molar-refractivity contribution < 1.29 is 15.0 Å². The second-order valence-corrected chi connectivity index (χ2v) is 4.44. The van der Waals surface area contributed by atoms with Gasteiger partial charge >= 0.3 is 5.97 Å². The topological polar surface area (TPSA) is 75.3 Å². The molecule has 88 valence electrons. The van der Waals surface area contributed by atoms with Gasteiger partial charge < -0.3 is 14.8 Å². The third kappa shape index (κ3) is 1.59. The quantitative estimate of drug-likeness (QED) is 0.821. The van der Waals surface area contributed by atoms with Crippen LogP contribution in [0.3, 0.4) is 0 Å². The van der Waals surface area contributed by atoms with E-state index in [1.807, 2.05) is 4.57 Å². The highest BCUT2D eigenvalue weighted by atomic mass is 16.4. The summed E-state index contributed by atoms with van der Waals surface area (Å²) in [6.45, 7) is 0. The van der Waals surface area contributed by atoms with Gasteiger partial charge in [-0.05, 0) is 31.0 Å². The molecule has 1 fully saturated rings. The van der Waals surface area contributed by atoms with E-state index >= 15 is 0 Å². The number of hydrogen-bond donors (Lipinski definition) is 2. The van der Waals surface area contributed by atoms with Crippen molar-refractivity contribution in [3.8, 4) is 0 Å². The van der Waals surface area contributed by atoms with Crippen molar-refractivity contribution >= 4 is 17.0 Å². The molecule has 0 amide bonds. The molecule has 0 aliphatic heterocycles. The molecule has 1 saturated carbocycles. The molecule has 1 aliphatic rings. The molecular formula is C12H12N2O3. The summed E-state index contributed by atoms with van der Waals surface area (Å²) in [7, 11) is 0. The van der Waals surface area contributed by atoms with E-state index in [0.29, 0.717) is 5.52 Å². The summed E-state index contributed by atoms with van der Waals surface area (Å²) < 4.78 is 2.01. The first-order valence-electron chi connectivity index (χ1n) is 5.53. The van der Waals surface area contributed by atoms with Gasteiger partial charge in [0.25, 0.3) is 0 Å². The summed E-state index contributed by atoms with van der Waals surface area (Å²) in [4.78, 5) is 15.0. The number of hydrogen-bond acceptors (Lipinski definition) is 3. The molecule has 2 N–H and O–H groups in total. The van der Waals surface area contributed by atoms with E-state index in [1.54, 1.807) is 24.5 Å². The van der Waals surface area contributed by atoms with Gasteiger partial charge in [0.05, 0.1) is 29.0 Å². The molecule has 0 spiro atoms. The lowest BCUT2D eigenvalue weighted by atomic mass is 9.89. The number of aliphatic hydroxyl groups excluding tert-OH is 1. The van der Waals surface area contributed by atoms with Gasteiger partial charge in [0.1, 0.15) is 0 Å². The molecule has 3 rings (SSSR count). The van der Waals surface area contributed by atoms with Crippen LogP contribution in [0.25, 0.3) is 11.0 Å². The summed E-state index contributed by atoms with van der Waals surface area (Å²) >= 11 is 0. The molecule has 1 heterocycles. The molecule has 0 saturated heterocycles. The third-order valence-electron chi connectivity index (χ3n) is 3.30. The first-order chi connectivity index (χ1) is 8.15. The molecule has 17 heavy (non-hydrogen) atoms. The van der Waals surface area contributed by atoms with Crippen LogP contribution in [-0.2, 0) is 0 Å². The summed E-state index contributed by atoms with van der Waals surface area (Å²) in [6.07, 6.45) is 2.99. The molecular weight excluding hydrogens is 220 g/mol. The van der Waals surface area contributed by atoms with Gasteiger partial charge in [-0.1, -0.05) is 0 Å². The molecule has 0 atom stereocenters. The molecule has 0 radical (unpaired) electrons. The Morgan fingerprint density at radius 1 is 1.41 bits per heavy atom. The van der Waals surface area contributed by atoms with E-state index in [9.17, 15) is 9.90 Å². The number of carbonyl (C=O) groups is 1. The van der Waals surface area contributed by atoms with Gasteiger partial charge in [-0.2, -0.15) is 0 Å². The lowest BCUT2D eigenvalue weighted by Crippen LogP contribution is -2.30. The van der Waals surface area contributed by atoms with Crippen molar-refractivity contribution in [3.05, 3.63) is 30.1 Å². The second kappa shape index (κ2) is 3.56. The minimum atomic E-state index is -0.944. The van der Waals surface area contributed by atoms with E-state index in [4.69, 9.17) is 5.11 Å². The molecule has 0 bridgehead atoms. The first kappa shape index (κ1) is 10.3. The van der Waals surface area contributed by atoms with Gasteiger partial charge in [-0.25, -0.2) is 9.78 Å². The van der Waals surface area contributed by atoms with Gasteiger partial charge in [0.15, 0.2) is 0 Å². The number of benzene rings is 1. The Balaban J connectivity index is 2.02. The van der Waals surface area contributed by atoms with Gasteiger partial charge in [0, 0.05) is 6.04 Å². The zero-order chi connectivity index (χ0) is 12.0. The SMILES string of the molecule is O=C(O)c1ccc2c(c1)ncn2C1CC(O)C1. The predicted molar refractivity (Wildman–Crippen MR) is 61.0 cm³/mol. The maximum Gasteiger partial charge on any atom is 0.335 e. The summed E-state index contributed by atoms with van der Waals surface area (Å²) in [5.74, 6) is -0.944. The normalized spacial score (nSPS) is 23.6. The number of fused-ring (bicyclic) bond motifs is 1. The standard InChI is InChI=1S/C12H12N2O3/c15-9-4-8(5-9)14-6-13-10-3-7(12(16)17)1-2-11(10)14/h1-3,6,8-9,15H,4-5H2,(H,16,17). The fraction of sp³-hybridized carbons (Fsp3) is 0.333. The summed E-state index contributed by atoms with van der Waals surface area (Å²) in [6, 6.07) is 5.21. The number of aromatic nitrogens is 2. The summed E-state index contributed by atoms with van der Waals surface area (Å²) in [5.41, 5.74) is 1.86. The monoisotopic (exact) mass is 232 g/mol. The van der Waals surface area contributed by atoms with Gasteiger partial charge in [-0.15, -0.1) is 0 Å². The van der Waals surface area contributed by atoms with Crippen LogP contribution in [0, 0.1) is 0 Å². The number of aliphatic hydroxyl groups is 1. The number of rotatable bonds is 2. The van der Waals surface area contributed by atoms with Crippen LogP contribution in [0.1, 0.15) is 29.2 Å². The van der Waals surface area contributed by atoms with Crippen LogP contribution in [0.4, 0.5) is 0 Å². The van der Waals surface area contributed by atoms with Crippen molar-refractivity contribution in [2.75, 3.05) is 0 Å². The zero-order valence-electron chi connectivity index (χ0n) is 9.08. The molecule has 5 heteroatoms. The molecule has 5 nitrogen and oxygen atoms in total. The van der Waals surface area contributed by atoms with E-state index < -0.39 is 5.97 Å². The van der Waals surface area contributed by atoms with E-state index in [1.165, 1.54) is 0 Å². The maximum atomic E-state index is 10.8. The van der Waals surface area contributed by atoms with Crippen LogP contribution < -0.4 is 0 Å². The molecule has 1 aromatic heterocycles. The fourth-order valence-electron chi connectivity index (χ4n) is 2.24. The molecule has 1 aliphatic carbocycles. The highest BCUT2D eigenvalue weighted by Crippen LogP contribution is 2.34. The Morgan fingerprint density at radius 2 is 2.18 bits per heavy atom. The first-order valence-corrected chi connectivity index (χ1v) is 5.53. The minimum absolute atomic E-state index is 0.212. The molecule has 0 unspecified atom stereocenters. The van der Waals surface area contributed by atoms with Crippen LogP contribution in [-0.4, -0.2) is 31.8 Å². The van der Waals surface area contributed by atoms with Crippen molar-refractivity contribution in [1.82, 2.24) is 9.55 Å². The van der Waals surface area contributed by atoms with Crippen molar-refractivity contribution in [3.63, 3.8) is 0 Å². The van der Waals surface area contributed by atoms with Gasteiger partial charge in [0.2, 0.25) is 0 Å². The Kier molecular flexibility index (Phi) is 2.16. The Morgan fingerprint density at radius 3 is 2.82 bits per heavy atom. The Labute approximate surface area is 97.3 Å². The maximum absolute atomic E-state index is 10.8. The second-order valence-electron chi connectivity index (χ2n) is 4.44. The Hall–Kier alpha value is -1.88. The number of nitrogens with zero attached hydrogens (tertiary/aromatic N) is 2. The van der Waals surface area contributed by atoms with E-state index in [2.05, 4.69) is 4.98 Å². The van der Waals surface area contributed by atoms with E-state index in [-0.39, 0.29) is 17.7 Å². The highest BCUT2D eigenvalue weighted by molar-refractivity contribution is 5.92. The lowest BCUT2D eigenvalue weighted by Gasteiger charge is -2.32. The van der Waals surface area contributed by atoms with Crippen LogP contribution in [0.2, 0.25) is 0 Å². The molecule has 2 aromatic rings. The molecule has 1 aromatic carbocycles.